The molecule has 6 nitrogen and oxygen atoms in total. The van der Waals surface area contributed by atoms with E-state index in [4.69, 9.17) is 5.26 Å². The number of rotatable bonds is 4. The zero-order valence-electron chi connectivity index (χ0n) is 13.9. The zero-order chi connectivity index (χ0) is 17.6. The number of anilines is 2. The van der Waals surface area contributed by atoms with Crippen LogP contribution in [0.25, 0.3) is 0 Å². The lowest BCUT2D eigenvalue weighted by molar-refractivity contribution is -0.117. The SMILES string of the molecule is N#Cc1ccc(NC(=O)CN2CCN(c3ccccc3O)CC2)cc1. The Morgan fingerprint density at radius 3 is 2.40 bits per heavy atom. The average molecular weight is 336 g/mol. The molecular formula is C19H20N4O2. The van der Waals surface area contributed by atoms with E-state index in [1.54, 1.807) is 30.3 Å². The van der Waals surface area contributed by atoms with Gasteiger partial charge >= 0.3 is 0 Å². The Hall–Kier alpha value is -3.04. The summed E-state index contributed by atoms with van der Waals surface area (Å²) in [6.07, 6.45) is 0. The number of carbonyl (C=O) groups excluding carboxylic acids is 1. The van der Waals surface area contributed by atoms with Crippen molar-refractivity contribution in [1.82, 2.24) is 4.90 Å². The van der Waals surface area contributed by atoms with Gasteiger partial charge in [0.15, 0.2) is 0 Å². The molecule has 2 N–H and O–H groups in total. The largest absolute Gasteiger partial charge is 0.506 e. The van der Waals surface area contributed by atoms with Crippen molar-refractivity contribution in [3.63, 3.8) is 0 Å². The molecule has 1 fully saturated rings. The van der Waals surface area contributed by atoms with Gasteiger partial charge in [-0.25, -0.2) is 0 Å². The molecule has 6 heteroatoms. The van der Waals surface area contributed by atoms with Crippen LogP contribution in [-0.2, 0) is 4.79 Å². The summed E-state index contributed by atoms with van der Waals surface area (Å²) in [5, 5.41) is 21.6. The maximum absolute atomic E-state index is 12.2. The van der Waals surface area contributed by atoms with Gasteiger partial charge in [-0.1, -0.05) is 12.1 Å². The van der Waals surface area contributed by atoms with Gasteiger partial charge in [0.25, 0.3) is 0 Å². The summed E-state index contributed by atoms with van der Waals surface area (Å²) in [7, 11) is 0. The topological polar surface area (TPSA) is 79.6 Å². The van der Waals surface area contributed by atoms with Gasteiger partial charge in [-0.2, -0.15) is 5.26 Å². The molecule has 2 aromatic carbocycles. The Morgan fingerprint density at radius 2 is 1.76 bits per heavy atom. The first-order valence-corrected chi connectivity index (χ1v) is 8.21. The van der Waals surface area contributed by atoms with E-state index < -0.39 is 0 Å². The van der Waals surface area contributed by atoms with Gasteiger partial charge in [-0.15, -0.1) is 0 Å². The lowest BCUT2D eigenvalue weighted by Crippen LogP contribution is -2.48. The van der Waals surface area contributed by atoms with Crippen LogP contribution in [0, 0.1) is 11.3 Å². The molecule has 2 aromatic rings. The van der Waals surface area contributed by atoms with Gasteiger partial charge < -0.3 is 15.3 Å². The molecule has 128 valence electrons. The highest BCUT2D eigenvalue weighted by atomic mass is 16.3. The fourth-order valence-electron chi connectivity index (χ4n) is 2.91. The molecule has 1 amide bonds. The van der Waals surface area contributed by atoms with Crippen LogP contribution >= 0.6 is 0 Å². The molecular weight excluding hydrogens is 316 g/mol. The summed E-state index contributed by atoms with van der Waals surface area (Å²) in [5.41, 5.74) is 2.10. The number of hydrogen-bond acceptors (Lipinski definition) is 5. The number of benzene rings is 2. The second-order valence-electron chi connectivity index (χ2n) is 5.99. The van der Waals surface area contributed by atoms with Crippen LogP contribution in [-0.4, -0.2) is 48.6 Å². The van der Waals surface area contributed by atoms with E-state index in [9.17, 15) is 9.90 Å². The molecule has 1 saturated heterocycles. The first-order chi connectivity index (χ1) is 12.2. The van der Waals surface area contributed by atoms with Crippen molar-refractivity contribution in [2.45, 2.75) is 0 Å². The van der Waals surface area contributed by atoms with Gasteiger partial charge in [0, 0.05) is 31.9 Å². The van der Waals surface area contributed by atoms with E-state index in [0.717, 1.165) is 31.9 Å². The Labute approximate surface area is 146 Å². The highest BCUT2D eigenvalue weighted by molar-refractivity contribution is 5.92. The predicted molar refractivity (Wildman–Crippen MR) is 96.5 cm³/mol. The summed E-state index contributed by atoms with van der Waals surface area (Å²) in [6.45, 7) is 3.38. The number of piperazine rings is 1. The monoisotopic (exact) mass is 336 g/mol. The van der Waals surface area contributed by atoms with E-state index in [-0.39, 0.29) is 11.7 Å². The number of phenolic OH excluding ortho intramolecular Hbond substituents is 1. The fourth-order valence-corrected chi connectivity index (χ4v) is 2.91. The lowest BCUT2D eigenvalue weighted by atomic mass is 10.2. The van der Waals surface area contributed by atoms with Crippen molar-refractivity contribution in [1.29, 1.82) is 5.26 Å². The van der Waals surface area contributed by atoms with Crippen molar-refractivity contribution < 1.29 is 9.90 Å². The number of nitrogens with zero attached hydrogens (tertiary/aromatic N) is 3. The Balaban J connectivity index is 1.49. The lowest BCUT2D eigenvalue weighted by Gasteiger charge is -2.35. The smallest absolute Gasteiger partial charge is 0.238 e. The number of hydrogen-bond donors (Lipinski definition) is 2. The Morgan fingerprint density at radius 1 is 1.08 bits per heavy atom. The number of carbonyl (C=O) groups is 1. The highest BCUT2D eigenvalue weighted by Gasteiger charge is 2.20. The van der Waals surface area contributed by atoms with Gasteiger partial charge in [-0.3, -0.25) is 9.69 Å². The minimum atomic E-state index is -0.0688. The van der Waals surface area contributed by atoms with Crippen LogP contribution in [0.4, 0.5) is 11.4 Å². The van der Waals surface area contributed by atoms with E-state index in [0.29, 0.717) is 17.8 Å². The maximum atomic E-state index is 12.2. The molecule has 25 heavy (non-hydrogen) atoms. The van der Waals surface area contributed by atoms with Crippen LogP contribution in [0.3, 0.4) is 0 Å². The molecule has 0 bridgehead atoms. The van der Waals surface area contributed by atoms with E-state index in [2.05, 4.69) is 21.2 Å². The van der Waals surface area contributed by atoms with Gasteiger partial charge in [0.05, 0.1) is 23.9 Å². The number of nitriles is 1. The van der Waals surface area contributed by atoms with E-state index >= 15 is 0 Å². The Kier molecular flexibility index (Phi) is 5.17. The zero-order valence-corrected chi connectivity index (χ0v) is 13.9. The summed E-state index contributed by atoms with van der Waals surface area (Å²) < 4.78 is 0. The summed E-state index contributed by atoms with van der Waals surface area (Å²) in [4.78, 5) is 16.4. The molecule has 0 aromatic heterocycles. The number of phenols is 1. The molecule has 1 aliphatic rings. The second-order valence-corrected chi connectivity index (χ2v) is 5.99. The summed E-state index contributed by atoms with van der Waals surface area (Å²) in [5.74, 6) is 0.218. The quantitative estimate of drug-likeness (QED) is 0.893. The molecule has 1 heterocycles. The second kappa shape index (κ2) is 7.69. The van der Waals surface area contributed by atoms with Crippen LogP contribution in [0.5, 0.6) is 5.75 Å². The minimum absolute atomic E-state index is 0.0688. The molecule has 0 atom stereocenters. The van der Waals surface area contributed by atoms with E-state index in [1.165, 1.54) is 0 Å². The molecule has 0 spiro atoms. The van der Waals surface area contributed by atoms with Crippen molar-refractivity contribution in [3.05, 3.63) is 54.1 Å². The van der Waals surface area contributed by atoms with Crippen molar-refractivity contribution >= 4 is 17.3 Å². The first-order valence-electron chi connectivity index (χ1n) is 8.21. The van der Waals surface area contributed by atoms with Crippen LogP contribution in [0.1, 0.15) is 5.56 Å². The number of aromatic hydroxyl groups is 1. The van der Waals surface area contributed by atoms with Gasteiger partial charge in [0.1, 0.15) is 5.75 Å². The summed E-state index contributed by atoms with van der Waals surface area (Å²) in [6, 6.07) is 16.2. The summed E-state index contributed by atoms with van der Waals surface area (Å²) >= 11 is 0. The van der Waals surface area contributed by atoms with Crippen LogP contribution in [0.2, 0.25) is 0 Å². The third kappa shape index (κ3) is 4.28. The standard InChI is InChI=1S/C19H20N4O2/c20-13-15-5-7-16(8-6-15)21-19(25)14-22-9-11-23(12-10-22)17-3-1-2-4-18(17)24/h1-8,24H,9-12,14H2,(H,21,25). The van der Waals surface area contributed by atoms with Crippen molar-refractivity contribution in [2.24, 2.45) is 0 Å². The maximum Gasteiger partial charge on any atom is 0.238 e. The molecule has 0 aliphatic carbocycles. The molecule has 0 saturated carbocycles. The number of amides is 1. The average Bonchev–Trinajstić information content (AvgIpc) is 2.63. The minimum Gasteiger partial charge on any atom is -0.506 e. The third-order valence-corrected chi connectivity index (χ3v) is 4.26. The molecule has 0 unspecified atom stereocenters. The van der Waals surface area contributed by atoms with Crippen LogP contribution < -0.4 is 10.2 Å². The van der Waals surface area contributed by atoms with E-state index in [1.807, 2.05) is 18.2 Å². The third-order valence-electron chi connectivity index (χ3n) is 4.26. The van der Waals surface area contributed by atoms with Crippen molar-refractivity contribution in [2.75, 3.05) is 42.9 Å². The number of para-hydroxylation sites is 2. The number of nitrogens with one attached hydrogen (secondary N) is 1. The normalized spacial score (nSPS) is 14.8. The molecule has 3 rings (SSSR count). The van der Waals surface area contributed by atoms with Gasteiger partial charge in [0.2, 0.25) is 5.91 Å². The molecule has 1 aliphatic heterocycles. The van der Waals surface area contributed by atoms with Gasteiger partial charge in [-0.05, 0) is 36.4 Å². The fraction of sp³-hybridized carbons (Fsp3) is 0.263. The molecule has 0 radical (unpaired) electrons. The first kappa shape index (κ1) is 16.8. The predicted octanol–water partition coefficient (Wildman–Crippen LogP) is 2.02. The highest BCUT2D eigenvalue weighted by Crippen LogP contribution is 2.27. The van der Waals surface area contributed by atoms with Crippen molar-refractivity contribution in [3.8, 4) is 11.8 Å². The Bertz CT molecular complexity index is 775. The van der Waals surface area contributed by atoms with Crippen LogP contribution in [0.15, 0.2) is 48.5 Å².